The second-order valence-electron chi connectivity index (χ2n) is 5.58. The third-order valence-electron chi connectivity index (χ3n) is 4.39. The Labute approximate surface area is 99.5 Å². The summed E-state index contributed by atoms with van der Waals surface area (Å²) in [6, 6.07) is 0.720. The smallest absolute Gasteiger partial charge is 0.0661 e. The molecule has 0 aromatic rings. The molecule has 3 nitrogen and oxygen atoms in total. The molecule has 94 valence electrons. The number of nitrogens with zero attached hydrogens (tertiary/aromatic N) is 1. The van der Waals surface area contributed by atoms with Crippen molar-refractivity contribution in [2.75, 3.05) is 33.8 Å². The minimum Gasteiger partial charge on any atom is -0.378 e. The summed E-state index contributed by atoms with van der Waals surface area (Å²) in [5.74, 6) is 0. The van der Waals surface area contributed by atoms with Crippen LogP contribution in [-0.2, 0) is 4.74 Å². The molecule has 2 saturated carbocycles. The summed E-state index contributed by atoms with van der Waals surface area (Å²) in [6.45, 7) is 5.22. The molecule has 2 fully saturated rings. The van der Waals surface area contributed by atoms with Crippen molar-refractivity contribution in [3.63, 3.8) is 0 Å². The Hall–Kier alpha value is -0.120. The van der Waals surface area contributed by atoms with Gasteiger partial charge in [-0.05, 0) is 40.3 Å². The molecule has 0 aromatic carbocycles. The molecule has 3 heteroatoms. The van der Waals surface area contributed by atoms with E-state index in [2.05, 4.69) is 31.2 Å². The molecule has 0 heterocycles. The first-order valence-corrected chi connectivity index (χ1v) is 6.69. The molecule has 1 N–H and O–H groups in total. The van der Waals surface area contributed by atoms with Crippen LogP contribution in [0.5, 0.6) is 0 Å². The third kappa shape index (κ3) is 2.13. The number of nitrogens with one attached hydrogen (secondary N) is 1. The lowest BCUT2D eigenvalue weighted by molar-refractivity contribution is -0.172. The van der Waals surface area contributed by atoms with Crippen molar-refractivity contribution >= 4 is 0 Å². The lowest BCUT2D eigenvalue weighted by Gasteiger charge is -2.61. The van der Waals surface area contributed by atoms with Gasteiger partial charge in [0.05, 0.1) is 6.10 Å². The van der Waals surface area contributed by atoms with Crippen molar-refractivity contribution in [2.45, 2.75) is 44.8 Å². The van der Waals surface area contributed by atoms with Gasteiger partial charge in [0.15, 0.2) is 0 Å². The van der Waals surface area contributed by atoms with Gasteiger partial charge < -0.3 is 15.0 Å². The van der Waals surface area contributed by atoms with Crippen molar-refractivity contribution < 1.29 is 4.74 Å². The van der Waals surface area contributed by atoms with E-state index in [-0.39, 0.29) is 0 Å². The van der Waals surface area contributed by atoms with Crippen LogP contribution >= 0.6 is 0 Å². The Morgan fingerprint density at radius 2 is 2.12 bits per heavy atom. The summed E-state index contributed by atoms with van der Waals surface area (Å²) in [5.41, 5.74) is 0.516. The predicted octanol–water partition coefficient (Wildman–Crippen LogP) is 1.49. The molecule has 0 radical (unpaired) electrons. The van der Waals surface area contributed by atoms with Crippen molar-refractivity contribution in [1.82, 2.24) is 10.2 Å². The fourth-order valence-electron chi connectivity index (χ4n) is 3.19. The minimum atomic E-state index is 0.516. The summed E-state index contributed by atoms with van der Waals surface area (Å²) in [5, 5.41) is 3.71. The van der Waals surface area contributed by atoms with E-state index in [1.165, 1.54) is 25.7 Å². The first kappa shape index (κ1) is 12.3. The average Bonchev–Trinajstić information content (AvgIpc) is 2.12. The molecule has 0 bridgehead atoms. The summed E-state index contributed by atoms with van der Waals surface area (Å²) in [7, 11) is 4.26. The largest absolute Gasteiger partial charge is 0.378 e. The number of likely N-dealkylation sites (N-methyl/N-ethyl adjacent to an activating group) is 1. The maximum absolute atomic E-state index is 5.84. The first-order chi connectivity index (χ1) is 7.69. The highest BCUT2D eigenvalue weighted by atomic mass is 16.5. The molecule has 2 unspecified atom stereocenters. The highest BCUT2D eigenvalue weighted by Gasteiger charge is 2.58. The second kappa shape index (κ2) is 5.03. The van der Waals surface area contributed by atoms with Gasteiger partial charge in [-0.25, -0.2) is 0 Å². The van der Waals surface area contributed by atoms with E-state index in [0.29, 0.717) is 11.5 Å². The summed E-state index contributed by atoms with van der Waals surface area (Å²) in [4.78, 5) is 2.24. The predicted molar refractivity (Wildman–Crippen MR) is 66.7 cm³/mol. The molecule has 2 atom stereocenters. The summed E-state index contributed by atoms with van der Waals surface area (Å²) >= 11 is 0. The highest BCUT2D eigenvalue weighted by Crippen LogP contribution is 2.57. The number of hydrogen-bond acceptors (Lipinski definition) is 3. The van der Waals surface area contributed by atoms with Crippen LogP contribution in [0.15, 0.2) is 0 Å². The molecule has 2 aliphatic carbocycles. The van der Waals surface area contributed by atoms with E-state index in [0.717, 1.165) is 25.7 Å². The quantitative estimate of drug-likeness (QED) is 0.742. The number of ether oxygens (including phenoxy) is 1. The molecule has 0 saturated heterocycles. The van der Waals surface area contributed by atoms with Gasteiger partial charge in [-0.15, -0.1) is 0 Å². The lowest BCUT2D eigenvalue weighted by Crippen LogP contribution is -2.67. The maximum atomic E-state index is 5.84. The van der Waals surface area contributed by atoms with Crippen molar-refractivity contribution in [3.8, 4) is 0 Å². The van der Waals surface area contributed by atoms with Gasteiger partial charge in [0, 0.05) is 31.2 Å². The Kier molecular flexibility index (Phi) is 3.88. The van der Waals surface area contributed by atoms with Crippen LogP contribution in [0.2, 0.25) is 0 Å². The van der Waals surface area contributed by atoms with E-state index in [1.54, 1.807) is 0 Å². The lowest BCUT2D eigenvalue weighted by atomic mass is 9.51. The minimum absolute atomic E-state index is 0.516. The highest BCUT2D eigenvalue weighted by molar-refractivity contribution is 5.12. The van der Waals surface area contributed by atoms with Crippen molar-refractivity contribution in [1.29, 1.82) is 0 Å². The molecule has 1 spiro atoms. The Morgan fingerprint density at radius 1 is 1.38 bits per heavy atom. The van der Waals surface area contributed by atoms with Crippen LogP contribution in [0, 0.1) is 5.41 Å². The molecule has 2 aliphatic rings. The molecule has 0 aliphatic heterocycles. The molecule has 0 aromatic heterocycles. The van der Waals surface area contributed by atoms with Gasteiger partial charge in [-0.1, -0.05) is 6.42 Å². The molecular formula is C13H26N2O. The fraction of sp³-hybridized carbons (Fsp3) is 1.00. The monoisotopic (exact) mass is 226 g/mol. The Morgan fingerprint density at radius 3 is 2.62 bits per heavy atom. The number of rotatable bonds is 6. The summed E-state index contributed by atoms with van der Waals surface area (Å²) in [6.07, 6.45) is 5.91. The van der Waals surface area contributed by atoms with Crippen LogP contribution < -0.4 is 5.32 Å². The van der Waals surface area contributed by atoms with Gasteiger partial charge in [0.2, 0.25) is 0 Å². The van der Waals surface area contributed by atoms with Crippen LogP contribution in [0.3, 0.4) is 0 Å². The van der Waals surface area contributed by atoms with E-state index >= 15 is 0 Å². The van der Waals surface area contributed by atoms with Gasteiger partial charge in [0.25, 0.3) is 0 Å². The van der Waals surface area contributed by atoms with E-state index in [9.17, 15) is 0 Å². The van der Waals surface area contributed by atoms with Gasteiger partial charge in [-0.3, -0.25) is 0 Å². The molecular weight excluding hydrogens is 200 g/mol. The SMILES string of the molecule is CCOC1CC(NCCN(C)C)C12CCC2. The Balaban J connectivity index is 1.75. The second-order valence-corrected chi connectivity index (χ2v) is 5.58. The zero-order chi connectivity index (χ0) is 11.6. The molecule has 16 heavy (non-hydrogen) atoms. The molecule has 0 amide bonds. The van der Waals surface area contributed by atoms with Gasteiger partial charge in [0.1, 0.15) is 0 Å². The normalized spacial score (nSPS) is 31.5. The molecule has 2 rings (SSSR count). The van der Waals surface area contributed by atoms with E-state index in [4.69, 9.17) is 4.74 Å². The van der Waals surface area contributed by atoms with Crippen LogP contribution in [0.25, 0.3) is 0 Å². The van der Waals surface area contributed by atoms with Crippen molar-refractivity contribution in [3.05, 3.63) is 0 Å². The van der Waals surface area contributed by atoms with Crippen LogP contribution in [0.4, 0.5) is 0 Å². The van der Waals surface area contributed by atoms with Crippen molar-refractivity contribution in [2.24, 2.45) is 5.41 Å². The van der Waals surface area contributed by atoms with E-state index < -0.39 is 0 Å². The van der Waals surface area contributed by atoms with Crippen LogP contribution in [-0.4, -0.2) is 50.8 Å². The van der Waals surface area contributed by atoms with Gasteiger partial charge >= 0.3 is 0 Å². The average molecular weight is 226 g/mol. The van der Waals surface area contributed by atoms with Crippen LogP contribution in [0.1, 0.15) is 32.6 Å². The zero-order valence-electron chi connectivity index (χ0n) is 11.0. The standard InChI is InChI=1S/C13H26N2O/c1-4-16-12-10-11(13(12)6-5-7-13)14-8-9-15(2)3/h11-12,14H,4-10H2,1-3H3. The maximum Gasteiger partial charge on any atom is 0.0661 e. The topological polar surface area (TPSA) is 24.5 Å². The fourth-order valence-corrected chi connectivity index (χ4v) is 3.19. The first-order valence-electron chi connectivity index (χ1n) is 6.69. The van der Waals surface area contributed by atoms with E-state index in [1.807, 2.05) is 0 Å². The van der Waals surface area contributed by atoms with Gasteiger partial charge in [-0.2, -0.15) is 0 Å². The number of hydrogen-bond donors (Lipinski definition) is 1. The third-order valence-corrected chi connectivity index (χ3v) is 4.39. The Bertz CT molecular complexity index is 226. The summed E-state index contributed by atoms with van der Waals surface area (Å²) < 4.78 is 5.84. The zero-order valence-corrected chi connectivity index (χ0v) is 11.0.